The lowest BCUT2D eigenvalue weighted by atomic mass is 9.99. The van der Waals surface area contributed by atoms with E-state index in [1.54, 1.807) is 11.3 Å². The van der Waals surface area contributed by atoms with Gasteiger partial charge in [-0.05, 0) is 53.4 Å². The van der Waals surface area contributed by atoms with Crippen molar-refractivity contribution in [1.82, 2.24) is 4.90 Å². The zero-order valence-electron chi connectivity index (χ0n) is 8.66. The quantitative estimate of drug-likeness (QED) is 0.925. The zero-order chi connectivity index (χ0) is 10.7. The van der Waals surface area contributed by atoms with Crippen molar-refractivity contribution < 1.29 is 5.11 Å². The summed E-state index contributed by atoms with van der Waals surface area (Å²) in [6.45, 7) is 3.59. The van der Waals surface area contributed by atoms with Crippen LogP contribution in [0.25, 0.3) is 0 Å². The van der Waals surface area contributed by atoms with E-state index >= 15 is 0 Å². The Morgan fingerprint density at radius 1 is 1.53 bits per heavy atom. The summed E-state index contributed by atoms with van der Waals surface area (Å²) in [5.74, 6) is 0.488. The highest BCUT2D eigenvalue weighted by molar-refractivity contribution is 9.11. The fourth-order valence-electron chi connectivity index (χ4n) is 2.10. The Morgan fingerprint density at radius 2 is 2.40 bits per heavy atom. The average molecular weight is 290 g/mol. The zero-order valence-corrected chi connectivity index (χ0v) is 11.1. The van der Waals surface area contributed by atoms with Gasteiger partial charge < -0.3 is 5.11 Å². The maximum absolute atomic E-state index is 9.15. The Bertz CT molecular complexity index is 315. The first kappa shape index (κ1) is 11.6. The molecule has 0 spiro atoms. The molecule has 1 aliphatic rings. The molecule has 0 amide bonds. The van der Waals surface area contributed by atoms with Crippen LogP contribution in [0.4, 0.5) is 0 Å². The Hall–Kier alpha value is 0.1000. The highest BCUT2D eigenvalue weighted by Gasteiger charge is 2.19. The van der Waals surface area contributed by atoms with Gasteiger partial charge in [0.1, 0.15) is 0 Å². The van der Waals surface area contributed by atoms with Gasteiger partial charge in [0.2, 0.25) is 0 Å². The largest absolute Gasteiger partial charge is 0.396 e. The van der Waals surface area contributed by atoms with Gasteiger partial charge in [-0.3, -0.25) is 4.90 Å². The molecule has 0 bridgehead atoms. The Labute approximate surface area is 103 Å². The molecule has 2 nitrogen and oxygen atoms in total. The third kappa shape index (κ3) is 3.28. The molecule has 1 aliphatic heterocycles. The van der Waals surface area contributed by atoms with Gasteiger partial charge in [0.15, 0.2) is 0 Å². The fourth-order valence-corrected chi connectivity index (χ4v) is 3.63. The van der Waals surface area contributed by atoms with Gasteiger partial charge in [-0.1, -0.05) is 0 Å². The minimum atomic E-state index is 0.338. The van der Waals surface area contributed by atoms with E-state index in [4.69, 9.17) is 5.11 Å². The number of aliphatic hydroxyl groups excluding tert-OH is 1. The summed E-state index contributed by atoms with van der Waals surface area (Å²) in [6, 6.07) is 4.28. The van der Waals surface area contributed by atoms with Gasteiger partial charge in [0, 0.05) is 24.6 Å². The second kappa shape index (κ2) is 5.43. The molecule has 0 saturated carbocycles. The van der Waals surface area contributed by atoms with Crippen LogP contribution >= 0.6 is 27.3 Å². The number of piperidine rings is 1. The van der Waals surface area contributed by atoms with Crippen LogP contribution in [-0.2, 0) is 6.54 Å². The number of nitrogens with zero attached hydrogens (tertiary/aromatic N) is 1. The van der Waals surface area contributed by atoms with Gasteiger partial charge in [-0.2, -0.15) is 0 Å². The number of hydrogen-bond acceptors (Lipinski definition) is 3. The molecule has 1 fully saturated rings. The molecule has 1 N–H and O–H groups in total. The van der Waals surface area contributed by atoms with Crippen molar-refractivity contribution in [3.8, 4) is 0 Å². The van der Waals surface area contributed by atoms with Crippen LogP contribution in [0.2, 0.25) is 0 Å². The van der Waals surface area contributed by atoms with E-state index in [2.05, 4.69) is 33.0 Å². The fraction of sp³-hybridized carbons (Fsp3) is 0.636. The van der Waals surface area contributed by atoms with Crippen LogP contribution in [0.3, 0.4) is 0 Å². The minimum Gasteiger partial charge on any atom is -0.396 e. The Morgan fingerprint density at radius 3 is 3.07 bits per heavy atom. The lowest BCUT2D eigenvalue weighted by Gasteiger charge is -2.31. The number of thiophene rings is 1. The van der Waals surface area contributed by atoms with E-state index in [1.807, 2.05) is 0 Å². The first-order chi connectivity index (χ1) is 7.28. The van der Waals surface area contributed by atoms with E-state index in [0.717, 1.165) is 13.1 Å². The highest BCUT2D eigenvalue weighted by Crippen LogP contribution is 2.25. The molecule has 1 aromatic rings. The van der Waals surface area contributed by atoms with Crippen molar-refractivity contribution >= 4 is 27.3 Å². The van der Waals surface area contributed by atoms with Crippen LogP contribution < -0.4 is 0 Å². The number of likely N-dealkylation sites (tertiary alicyclic amines) is 1. The molecule has 2 rings (SSSR count). The standard InChI is InChI=1S/C11H16BrNOS/c12-11-4-3-10(15-11)7-13-5-1-2-9(6-13)8-14/h3-4,9,14H,1-2,5-8H2. The van der Waals surface area contributed by atoms with Crippen LogP contribution in [0, 0.1) is 5.92 Å². The van der Waals surface area contributed by atoms with Gasteiger partial charge >= 0.3 is 0 Å². The monoisotopic (exact) mass is 289 g/mol. The summed E-state index contributed by atoms with van der Waals surface area (Å²) >= 11 is 5.29. The van der Waals surface area contributed by atoms with Crippen molar-refractivity contribution in [2.75, 3.05) is 19.7 Å². The summed E-state index contributed by atoms with van der Waals surface area (Å²) < 4.78 is 1.20. The topological polar surface area (TPSA) is 23.5 Å². The summed E-state index contributed by atoms with van der Waals surface area (Å²) in [4.78, 5) is 3.85. The third-order valence-corrected chi connectivity index (χ3v) is 4.48. The van der Waals surface area contributed by atoms with Crippen molar-refractivity contribution in [1.29, 1.82) is 0 Å². The van der Waals surface area contributed by atoms with Crippen LogP contribution in [0.15, 0.2) is 15.9 Å². The lowest BCUT2D eigenvalue weighted by molar-refractivity contribution is 0.116. The first-order valence-electron chi connectivity index (χ1n) is 5.35. The van der Waals surface area contributed by atoms with Crippen molar-refractivity contribution in [2.24, 2.45) is 5.92 Å². The predicted molar refractivity (Wildman–Crippen MR) is 67.1 cm³/mol. The minimum absolute atomic E-state index is 0.338. The molecule has 2 heterocycles. The molecule has 1 unspecified atom stereocenters. The Balaban J connectivity index is 1.88. The lowest BCUT2D eigenvalue weighted by Crippen LogP contribution is -2.36. The maximum Gasteiger partial charge on any atom is 0.0701 e. The summed E-state index contributed by atoms with van der Waals surface area (Å²) in [6.07, 6.45) is 2.40. The molecule has 0 aliphatic carbocycles. The molecular formula is C11H16BrNOS. The van der Waals surface area contributed by atoms with Gasteiger partial charge in [0.25, 0.3) is 0 Å². The van der Waals surface area contributed by atoms with Crippen LogP contribution in [0.5, 0.6) is 0 Å². The molecule has 15 heavy (non-hydrogen) atoms. The van der Waals surface area contributed by atoms with Crippen molar-refractivity contribution in [2.45, 2.75) is 19.4 Å². The molecule has 1 atom stereocenters. The van der Waals surface area contributed by atoms with E-state index in [-0.39, 0.29) is 0 Å². The van der Waals surface area contributed by atoms with E-state index in [0.29, 0.717) is 12.5 Å². The van der Waals surface area contributed by atoms with E-state index < -0.39 is 0 Å². The molecule has 1 aromatic heterocycles. The molecular weight excluding hydrogens is 274 g/mol. The first-order valence-corrected chi connectivity index (χ1v) is 6.96. The number of aliphatic hydroxyl groups is 1. The average Bonchev–Trinajstić information content (AvgIpc) is 2.64. The van der Waals surface area contributed by atoms with Gasteiger partial charge in [0.05, 0.1) is 3.79 Å². The van der Waals surface area contributed by atoms with Crippen molar-refractivity contribution in [3.05, 3.63) is 20.8 Å². The molecule has 0 aromatic carbocycles. The number of rotatable bonds is 3. The Kier molecular flexibility index (Phi) is 4.20. The predicted octanol–water partition coefficient (Wildman–Crippen LogP) is 2.71. The van der Waals surface area contributed by atoms with Gasteiger partial charge in [-0.25, -0.2) is 0 Å². The molecule has 4 heteroatoms. The SMILES string of the molecule is OCC1CCCN(Cc2ccc(Br)s2)C1. The highest BCUT2D eigenvalue weighted by atomic mass is 79.9. The summed E-state index contributed by atoms with van der Waals surface area (Å²) in [7, 11) is 0. The van der Waals surface area contributed by atoms with Gasteiger partial charge in [-0.15, -0.1) is 11.3 Å². The van der Waals surface area contributed by atoms with E-state index in [1.165, 1.54) is 28.0 Å². The maximum atomic E-state index is 9.15. The normalized spacial score (nSPS) is 23.2. The third-order valence-electron chi connectivity index (χ3n) is 2.87. The summed E-state index contributed by atoms with van der Waals surface area (Å²) in [5, 5.41) is 9.15. The smallest absolute Gasteiger partial charge is 0.0701 e. The molecule has 84 valence electrons. The second-order valence-corrected chi connectivity index (χ2v) is 6.68. The van der Waals surface area contributed by atoms with Crippen LogP contribution in [-0.4, -0.2) is 29.7 Å². The summed E-state index contributed by atoms with van der Waals surface area (Å²) in [5.41, 5.74) is 0. The molecule has 1 saturated heterocycles. The molecule has 0 radical (unpaired) electrons. The number of halogens is 1. The van der Waals surface area contributed by atoms with E-state index in [9.17, 15) is 0 Å². The van der Waals surface area contributed by atoms with Crippen LogP contribution in [0.1, 0.15) is 17.7 Å². The number of hydrogen-bond donors (Lipinski definition) is 1. The van der Waals surface area contributed by atoms with Crippen molar-refractivity contribution in [3.63, 3.8) is 0 Å². The second-order valence-electron chi connectivity index (χ2n) is 4.13.